The van der Waals surface area contributed by atoms with Crippen molar-refractivity contribution in [1.29, 1.82) is 0 Å². The molecule has 0 spiro atoms. The average molecular weight is 473 g/mol. The maximum atomic E-state index is 14.7. The Labute approximate surface area is 188 Å². The lowest BCUT2D eigenvalue weighted by Crippen LogP contribution is -2.36. The summed E-state index contributed by atoms with van der Waals surface area (Å²) in [6, 6.07) is 3.39. The summed E-state index contributed by atoms with van der Waals surface area (Å²) in [7, 11) is -4.22. The monoisotopic (exact) mass is 472 g/mol. The van der Waals surface area contributed by atoms with Crippen LogP contribution in [0.15, 0.2) is 35.6 Å². The number of nitrogens with zero attached hydrogens (tertiary/aromatic N) is 2. The maximum Gasteiger partial charge on any atom is 0.266 e. The van der Waals surface area contributed by atoms with Gasteiger partial charge in [0.05, 0.1) is 10.7 Å². The predicted molar refractivity (Wildman–Crippen MR) is 122 cm³/mol. The fraction of sp³-hybridized carbons (Fsp3) is 0.500. The zero-order valence-corrected chi connectivity index (χ0v) is 19.5. The zero-order chi connectivity index (χ0) is 23.2. The number of hydrogen-bond acceptors (Lipinski definition) is 7. The van der Waals surface area contributed by atoms with Crippen LogP contribution in [0.25, 0.3) is 0 Å². The molecule has 2 rings (SSSR count). The van der Waals surface area contributed by atoms with Gasteiger partial charge < -0.3 is 16.8 Å². The molecule has 2 aromatic rings. The van der Waals surface area contributed by atoms with E-state index in [2.05, 4.69) is 33.9 Å². The molecule has 1 heterocycles. The van der Waals surface area contributed by atoms with Crippen LogP contribution in [-0.2, 0) is 10.0 Å². The highest BCUT2D eigenvalue weighted by Gasteiger charge is 2.26. The Balaban J connectivity index is 2.17. The molecule has 0 saturated carbocycles. The highest BCUT2D eigenvalue weighted by molar-refractivity contribution is 7.92. The second kappa shape index (κ2) is 10.5. The summed E-state index contributed by atoms with van der Waals surface area (Å²) in [6.45, 7) is 7.22. The molecule has 0 radical (unpaired) electrons. The maximum absolute atomic E-state index is 14.7. The van der Waals surface area contributed by atoms with Crippen molar-refractivity contribution in [1.82, 2.24) is 9.97 Å². The van der Waals surface area contributed by atoms with E-state index in [0.717, 1.165) is 25.0 Å². The number of nitrogens with two attached hydrogens (primary N) is 2. The molecule has 1 aromatic heterocycles. The van der Waals surface area contributed by atoms with Gasteiger partial charge in [-0.1, -0.05) is 25.4 Å². The van der Waals surface area contributed by atoms with Crippen molar-refractivity contribution in [3.05, 3.63) is 41.6 Å². The molecule has 0 aliphatic rings. The first-order chi connectivity index (χ1) is 14.4. The Hall–Kier alpha value is -2.01. The van der Waals surface area contributed by atoms with Crippen molar-refractivity contribution in [3.63, 3.8) is 0 Å². The molecule has 6 N–H and O–H groups in total. The summed E-state index contributed by atoms with van der Waals surface area (Å²) in [6.07, 6.45) is 4.23. The second-order valence-corrected chi connectivity index (χ2v) is 10.4. The standard InChI is InChI=1S/C20H30ClFN6O2S/c1-13(24)14(10-20(2,3)5-6-23)11-26-17-9-16(22)18(8-15(17)21)31(29,30)28-19-4-7-25-12-27-19/h4,7-9,12-14,26H,5-6,10-11,23-24H2,1-3H3,(H,25,27,28)/t13-,14+/m1/s1. The lowest BCUT2D eigenvalue weighted by molar-refractivity contribution is 0.239. The van der Waals surface area contributed by atoms with E-state index < -0.39 is 20.7 Å². The Morgan fingerprint density at radius 2 is 2.03 bits per heavy atom. The minimum Gasteiger partial charge on any atom is -0.383 e. The Morgan fingerprint density at radius 3 is 2.61 bits per heavy atom. The van der Waals surface area contributed by atoms with Crippen LogP contribution in [-0.4, -0.2) is 37.5 Å². The SMILES string of the molecule is C[C@@H](N)[C@H](CNc1cc(F)c(S(=O)(=O)Nc2ccncn2)cc1Cl)CC(C)(C)CCN. The van der Waals surface area contributed by atoms with E-state index in [1.165, 1.54) is 18.6 Å². The van der Waals surface area contributed by atoms with Crippen molar-refractivity contribution in [2.75, 3.05) is 23.1 Å². The normalized spacial score (nSPS) is 14.2. The van der Waals surface area contributed by atoms with Crippen LogP contribution in [0.3, 0.4) is 0 Å². The third-order valence-electron chi connectivity index (χ3n) is 5.07. The Morgan fingerprint density at radius 1 is 1.32 bits per heavy atom. The number of sulfonamides is 1. The van der Waals surface area contributed by atoms with Crippen LogP contribution in [0.2, 0.25) is 5.02 Å². The molecule has 1 aromatic carbocycles. The Kier molecular flexibility index (Phi) is 8.58. The van der Waals surface area contributed by atoms with E-state index in [0.29, 0.717) is 18.8 Å². The third kappa shape index (κ3) is 7.27. The van der Waals surface area contributed by atoms with Gasteiger partial charge in [0.1, 0.15) is 22.9 Å². The second-order valence-electron chi connectivity index (χ2n) is 8.37. The van der Waals surface area contributed by atoms with E-state index >= 15 is 0 Å². The van der Waals surface area contributed by atoms with Gasteiger partial charge in [-0.25, -0.2) is 22.8 Å². The molecule has 0 aliphatic carbocycles. The van der Waals surface area contributed by atoms with Crippen molar-refractivity contribution in [2.45, 2.75) is 44.6 Å². The molecule has 0 bridgehead atoms. The van der Waals surface area contributed by atoms with Gasteiger partial charge in [-0.15, -0.1) is 0 Å². The van der Waals surface area contributed by atoms with E-state index in [-0.39, 0.29) is 28.2 Å². The minimum atomic E-state index is -4.22. The van der Waals surface area contributed by atoms with Crippen LogP contribution in [0, 0.1) is 17.2 Å². The number of halogens is 2. The van der Waals surface area contributed by atoms with Gasteiger partial charge in [-0.05, 0) is 55.8 Å². The molecule has 0 unspecified atom stereocenters. The smallest absolute Gasteiger partial charge is 0.266 e. The van der Waals surface area contributed by atoms with E-state index in [4.69, 9.17) is 23.1 Å². The Bertz CT molecular complexity index is 973. The molecular formula is C20H30ClFN6O2S. The summed E-state index contributed by atoms with van der Waals surface area (Å²) in [5.41, 5.74) is 12.2. The summed E-state index contributed by atoms with van der Waals surface area (Å²) in [4.78, 5) is 6.91. The number of rotatable bonds is 11. The van der Waals surface area contributed by atoms with Gasteiger partial charge in [0.25, 0.3) is 10.0 Å². The lowest BCUT2D eigenvalue weighted by Gasteiger charge is -2.32. The van der Waals surface area contributed by atoms with Crippen molar-refractivity contribution in [3.8, 4) is 0 Å². The van der Waals surface area contributed by atoms with E-state index in [1.807, 2.05) is 6.92 Å². The molecule has 172 valence electrons. The fourth-order valence-electron chi connectivity index (χ4n) is 3.30. The molecule has 2 atom stereocenters. The van der Waals surface area contributed by atoms with Crippen LogP contribution >= 0.6 is 11.6 Å². The number of hydrogen-bond donors (Lipinski definition) is 4. The highest BCUT2D eigenvalue weighted by Crippen LogP contribution is 2.32. The first kappa shape index (κ1) is 25.3. The first-order valence-electron chi connectivity index (χ1n) is 9.92. The van der Waals surface area contributed by atoms with Gasteiger partial charge in [0.2, 0.25) is 0 Å². The summed E-state index contributed by atoms with van der Waals surface area (Å²) in [5, 5.41) is 3.19. The van der Waals surface area contributed by atoms with Crippen molar-refractivity contribution >= 4 is 33.1 Å². The zero-order valence-electron chi connectivity index (χ0n) is 17.9. The van der Waals surface area contributed by atoms with Gasteiger partial charge in [-0.3, -0.25) is 4.72 Å². The number of nitrogens with one attached hydrogen (secondary N) is 2. The van der Waals surface area contributed by atoms with Crippen LogP contribution < -0.4 is 21.5 Å². The van der Waals surface area contributed by atoms with Crippen LogP contribution in [0.4, 0.5) is 15.9 Å². The fourth-order valence-corrected chi connectivity index (χ4v) is 4.69. The number of benzene rings is 1. The molecule has 11 heteroatoms. The van der Waals surface area contributed by atoms with Crippen LogP contribution in [0.5, 0.6) is 0 Å². The number of anilines is 2. The largest absolute Gasteiger partial charge is 0.383 e. The van der Waals surface area contributed by atoms with E-state index in [9.17, 15) is 12.8 Å². The number of aromatic nitrogens is 2. The van der Waals surface area contributed by atoms with Gasteiger partial charge >= 0.3 is 0 Å². The molecule has 0 fully saturated rings. The molecule has 31 heavy (non-hydrogen) atoms. The lowest BCUT2D eigenvalue weighted by atomic mass is 9.78. The van der Waals surface area contributed by atoms with Crippen molar-refractivity contribution < 1.29 is 12.8 Å². The van der Waals surface area contributed by atoms with Crippen LogP contribution in [0.1, 0.15) is 33.6 Å². The highest BCUT2D eigenvalue weighted by atomic mass is 35.5. The molecule has 0 amide bonds. The summed E-state index contributed by atoms with van der Waals surface area (Å²) < 4.78 is 42.0. The van der Waals surface area contributed by atoms with Crippen molar-refractivity contribution in [2.24, 2.45) is 22.8 Å². The molecule has 0 saturated heterocycles. The van der Waals surface area contributed by atoms with E-state index in [1.54, 1.807) is 0 Å². The topological polar surface area (TPSA) is 136 Å². The average Bonchev–Trinajstić information content (AvgIpc) is 2.67. The molecule has 0 aliphatic heterocycles. The predicted octanol–water partition coefficient (Wildman–Crippen LogP) is 3.21. The first-order valence-corrected chi connectivity index (χ1v) is 11.8. The van der Waals surface area contributed by atoms with Gasteiger partial charge in [0, 0.05) is 18.8 Å². The van der Waals surface area contributed by atoms with Gasteiger partial charge in [0.15, 0.2) is 0 Å². The van der Waals surface area contributed by atoms with Gasteiger partial charge in [-0.2, -0.15) is 0 Å². The summed E-state index contributed by atoms with van der Waals surface area (Å²) in [5.74, 6) is -0.828. The quantitative estimate of drug-likeness (QED) is 0.394. The summed E-state index contributed by atoms with van der Waals surface area (Å²) >= 11 is 6.26. The molecule has 8 nitrogen and oxygen atoms in total. The molecular weight excluding hydrogens is 443 g/mol. The third-order valence-corrected chi connectivity index (χ3v) is 6.75. The minimum absolute atomic E-state index is 0.00830.